The van der Waals surface area contributed by atoms with Gasteiger partial charge in [-0.2, -0.15) is 0 Å². The third-order valence-corrected chi connectivity index (χ3v) is 1.74. The van der Waals surface area contributed by atoms with Gasteiger partial charge in [0, 0.05) is 13.1 Å². The van der Waals surface area contributed by atoms with Gasteiger partial charge in [0.05, 0.1) is 0 Å². The van der Waals surface area contributed by atoms with E-state index in [4.69, 9.17) is 4.74 Å². The van der Waals surface area contributed by atoms with Crippen molar-refractivity contribution < 1.29 is 14.6 Å². The van der Waals surface area contributed by atoms with Crippen LogP contribution < -0.4 is 0 Å². The molecule has 1 heterocycles. The molecule has 0 atom stereocenters. The zero-order chi connectivity index (χ0) is 10.1. The van der Waals surface area contributed by atoms with Crippen molar-refractivity contribution in [2.45, 2.75) is 32.8 Å². The number of hydrogen-bond acceptors (Lipinski definition) is 4. The number of likely N-dealkylation sites (tertiary alicyclic amines) is 1. The first-order valence-electron chi connectivity index (χ1n) is 4.44. The Hall–Kier alpha value is -0.610. The van der Waals surface area contributed by atoms with Gasteiger partial charge < -0.3 is 9.84 Å². The van der Waals surface area contributed by atoms with Crippen LogP contribution >= 0.6 is 0 Å². The molecule has 0 aliphatic carbocycles. The smallest absolute Gasteiger partial charge is 0.359 e. The summed E-state index contributed by atoms with van der Waals surface area (Å²) in [6.07, 6.45) is 0.758. The molecule has 1 rings (SSSR count). The summed E-state index contributed by atoms with van der Waals surface area (Å²) < 4.78 is 4.99. The first kappa shape index (κ1) is 10.5. The molecule has 4 heteroatoms. The molecule has 0 unspecified atom stereocenters. The van der Waals surface area contributed by atoms with E-state index >= 15 is 0 Å². The van der Waals surface area contributed by atoms with Crippen LogP contribution in [0.15, 0.2) is 0 Å². The van der Waals surface area contributed by atoms with E-state index in [2.05, 4.69) is 0 Å². The lowest BCUT2D eigenvalue weighted by Crippen LogP contribution is -2.45. The Morgan fingerprint density at radius 2 is 1.92 bits per heavy atom. The van der Waals surface area contributed by atoms with E-state index in [9.17, 15) is 9.90 Å². The minimum atomic E-state index is -0.632. The SMILES string of the molecule is CC(C)(C)OC(=O)[C](O)N1CCC1. The highest BCUT2D eigenvalue weighted by Crippen LogP contribution is 2.18. The predicted octanol–water partition coefficient (Wildman–Crippen LogP) is 0.896. The van der Waals surface area contributed by atoms with Crippen molar-refractivity contribution in [1.29, 1.82) is 0 Å². The molecule has 75 valence electrons. The summed E-state index contributed by atoms with van der Waals surface area (Å²) in [5.74, 6) is -0.632. The molecule has 0 bridgehead atoms. The van der Waals surface area contributed by atoms with Crippen molar-refractivity contribution in [3.63, 3.8) is 0 Å². The average Bonchev–Trinajstić information content (AvgIpc) is 1.78. The van der Waals surface area contributed by atoms with Crippen LogP contribution in [0.3, 0.4) is 0 Å². The lowest BCUT2D eigenvalue weighted by atomic mass is 10.2. The van der Waals surface area contributed by atoms with E-state index in [1.165, 1.54) is 0 Å². The van der Waals surface area contributed by atoms with E-state index in [1.54, 1.807) is 25.7 Å². The number of esters is 1. The first-order chi connectivity index (χ1) is 5.90. The molecule has 1 radical (unpaired) electrons. The van der Waals surface area contributed by atoms with E-state index in [0.29, 0.717) is 0 Å². The van der Waals surface area contributed by atoms with Gasteiger partial charge in [0.25, 0.3) is 6.23 Å². The van der Waals surface area contributed by atoms with Gasteiger partial charge in [-0.3, -0.25) is 4.90 Å². The predicted molar refractivity (Wildman–Crippen MR) is 47.2 cm³/mol. The summed E-state index contributed by atoms with van der Waals surface area (Å²) in [6, 6.07) is 0. The standard InChI is InChI=1S/C9H16NO3/c1-9(2,3)13-8(12)7(11)10-5-4-6-10/h11H,4-6H2,1-3H3. The van der Waals surface area contributed by atoms with Gasteiger partial charge in [-0.1, -0.05) is 0 Å². The molecule has 1 N–H and O–H groups in total. The number of carbonyl (C=O) groups excluding carboxylic acids is 1. The fraction of sp³-hybridized carbons (Fsp3) is 0.778. The van der Waals surface area contributed by atoms with Gasteiger partial charge in [-0.05, 0) is 27.2 Å². The van der Waals surface area contributed by atoms with Crippen molar-refractivity contribution in [2.24, 2.45) is 0 Å². The fourth-order valence-corrected chi connectivity index (χ4v) is 0.981. The molecular formula is C9H16NO3. The Balaban J connectivity index is 2.38. The van der Waals surface area contributed by atoms with Crippen LogP contribution in [-0.2, 0) is 9.53 Å². The van der Waals surface area contributed by atoms with Crippen LogP contribution in [0, 0.1) is 6.23 Å². The Kier molecular flexibility index (Phi) is 2.93. The minimum Gasteiger partial charge on any atom is -0.457 e. The normalized spacial score (nSPS) is 18.5. The second-order valence-corrected chi connectivity index (χ2v) is 4.17. The van der Waals surface area contributed by atoms with E-state index in [1.807, 2.05) is 0 Å². The number of hydrogen-bond donors (Lipinski definition) is 1. The zero-order valence-corrected chi connectivity index (χ0v) is 8.33. The molecule has 0 aromatic heterocycles. The molecule has 13 heavy (non-hydrogen) atoms. The Labute approximate surface area is 78.5 Å². The van der Waals surface area contributed by atoms with Crippen LogP contribution in [0.1, 0.15) is 27.2 Å². The molecule has 0 spiro atoms. The fourth-order valence-electron chi connectivity index (χ4n) is 0.981. The molecule has 1 saturated heterocycles. The second kappa shape index (κ2) is 3.64. The van der Waals surface area contributed by atoms with E-state index in [0.717, 1.165) is 19.5 Å². The largest absolute Gasteiger partial charge is 0.457 e. The van der Waals surface area contributed by atoms with Crippen LogP contribution in [0.4, 0.5) is 0 Å². The van der Waals surface area contributed by atoms with Gasteiger partial charge in [-0.15, -0.1) is 0 Å². The van der Waals surface area contributed by atoms with Crippen LogP contribution in [0.5, 0.6) is 0 Å². The molecular weight excluding hydrogens is 170 g/mol. The van der Waals surface area contributed by atoms with Crippen molar-refractivity contribution >= 4 is 5.97 Å². The molecule has 0 aromatic rings. The quantitative estimate of drug-likeness (QED) is 0.651. The monoisotopic (exact) mass is 186 g/mol. The number of rotatable bonds is 2. The van der Waals surface area contributed by atoms with E-state index < -0.39 is 11.6 Å². The summed E-state index contributed by atoms with van der Waals surface area (Å²) in [5.41, 5.74) is -0.546. The van der Waals surface area contributed by atoms with Crippen molar-refractivity contribution in [3.05, 3.63) is 6.23 Å². The van der Waals surface area contributed by atoms with Crippen molar-refractivity contribution in [1.82, 2.24) is 4.90 Å². The Morgan fingerprint density at radius 1 is 1.38 bits per heavy atom. The number of nitrogens with zero attached hydrogens (tertiary/aromatic N) is 1. The third kappa shape index (κ3) is 2.97. The molecule has 0 amide bonds. The lowest BCUT2D eigenvalue weighted by molar-refractivity contribution is -0.164. The first-order valence-corrected chi connectivity index (χ1v) is 4.44. The maximum Gasteiger partial charge on any atom is 0.359 e. The molecule has 0 aromatic carbocycles. The Morgan fingerprint density at radius 3 is 2.23 bits per heavy atom. The summed E-state index contributed by atoms with van der Waals surface area (Å²) in [5, 5.41) is 9.37. The maximum absolute atomic E-state index is 11.2. The molecule has 1 aliphatic rings. The zero-order valence-electron chi connectivity index (χ0n) is 8.33. The van der Waals surface area contributed by atoms with Crippen LogP contribution in [0.25, 0.3) is 0 Å². The van der Waals surface area contributed by atoms with Crippen LogP contribution in [0.2, 0.25) is 0 Å². The average molecular weight is 186 g/mol. The van der Waals surface area contributed by atoms with Gasteiger partial charge >= 0.3 is 5.97 Å². The summed E-state index contributed by atoms with van der Waals surface area (Å²) in [7, 11) is 0. The van der Waals surface area contributed by atoms with Gasteiger partial charge in [-0.25, -0.2) is 4.79 Å². The maximum atomic E-state index is 11.2. The molecule has 1 aliphatic heterocycles. The van der Waals surface area contributed by atoms with Crippen molar-refractivity contribution in [3.8, 4) is 0 Å². The second-order valence-electron chi connectivity index (χ2n) is 4.17. The lowest BCUT2D eigenvalue weighted by Gasteiger charge is -2.33. The van der Waals surface area contributed by atoms with Gasteiger partial charge in [0.15, 0.2) is 0 Å². The highest BCUT2D eigenvalue weighted by molar-refractivity contribution is 5.82. The van der Waals surface area contributed by atoms with Gasteiger partial charge in [0.2, 0.25) is 0 Å². The van der Waals surface area contributed by atoms with Gasteiger partial charge in [0.1, 0.15) is 5.60 Å². The molecule has 1 fully saturated rings. The van der Waals surface area contributed by atoms with Crippen molar-refractivity contribution in [2.75, 3.05) is 13.1 Å². The number of aliphatic hydroxyl groups excluding tert-OH is 1. The minimum absolute atomic E-state index is 0.263. The molecule has 0 saturated carbocycles. The number of carbonyl (C=O) groups is 1. The molecule has 4 nitrogen and oxygen atoms in total. The summed E-state index contributed by atoms with van der Waals surface area (Å²) >= 11 is 0. The number of ether oxygens (including phenoxy) is 1. The third-order valence-electron chi connectivity index (χ3n) is 1.74. The van der Waals surface area contributed by atoms with Crippen LogP contribution in [-0.4, -0.2) is 34.7 Å². The topological polar surface area (TPSA) is 49.8 Å². The highest BCUT2D eigenvalue weighted by Gasteiger charge is 2.33. The highest BCUT2D eigenvalue weighted by atomic mass is 16.6. The summed E-state index contributed by atoms with van der Waals surface area (Å²) in [4.78, 5) is 12.8. The Bertz CT molecular complexity index is 194. The number of aliphatic hydroxyl groups is 1. The van der Waals surface area contributed by atoms with E-state index in [-0.39, 0.29) is 6.23 Å². The summed E-state index contributed by atoms with van der Waals surface area (Å²) in [6.45, 7) is 6.80.